The third kappa shape index (κ3) is 1.06. The van der Waals surface area contributed by atoms with E-state index in [0.717, 1.165) is 6.42 Å². The summed E-state index contributed by atoms with van der Waals surface area (Å²) in [5.74, 6) is 0.655. The van der Waals surface area contributed by atoms with Gasteiger partial charge in [0.05, 0.1) is 5.66 Å². The van der Waals surface area contributed by atoms with Crippen molar-refractivity contribution in [2.75, 3.05) is 14.1 Å². The van der Waals surface area contributed by atoms with Gasteiger partial charge in [-0.3, -0.25) is 4.90 Å². The molecule has 1 aliphatic carbocycles. The molecule has 0 heterocycles. The van der Waals surface area contributed by atoms with E-state index in [1.165, 1.54) is 12.8 Å². The first kappa shape index (κ1) is 8.02. The summed E-state index contributed by atoms with van der Waals surface area (Å²) in [5.41, 5.74) is 6.16. The summed E-state index contributed by atoms with van der Waals surface area (Å²) in [7, 11) is 4.14. The van der Waals surface area contributed by atoms with Crippen molar-refractivity contribution in [2.24, 2.45) is 11.7 Å². The maximum Gasteiger partial charge on any atom is 0.0708 e. The van der Waals surface area contributed by atoms with E-state index in [0.29, 0.717) is 5.92 Å². The smallest absolute Gasteiger partial charge is 0.0708 e. The van der Waals surface area contributed by atoms with Crippen LogP contribution in [0.4, 0.5) is 0 Å². The fourth-order valence-electron chi connectivity index (χ4n) is 1.85. The Kier molecular flexibility index (Phi) is 2.02. The Morgan fingerprint density at radius 1 is 1.50 bits per heavy atom. The average molecular weight is 142 g/mol. The van der Waals surface area contributed by atoms with Gasteiger partial charge < -0.3 is 5.73 Å². The molecule has 0 aliphatic heterocycles. The lowest BCUT2D eigenvalue weighted by Crippen LogP contribution is -2.54. The van der Waals surface area contributed by atoms with Crippen LogP contribution in [0, 0.1) is 5.92 Å². The van der Waals surface area contributed by atoms with Gasteiger partial charge in [-0.05, 0) is 39.3 Å². The van der Waals surface area contributed by atoms with Crippen molar-refractivity contribution in [2.45, 2.75) is 31.8 Å². The van der Waals surface area contributed by atoms with Crippen molar-refractivity contribution in [1.29, 1.82) is 0 Å². The van der Waals surface area contributed by atoms with Crippen LogP contribution in [0.2, 0.25) is 0 Å². The van der Waals surface area contributed by atoms with Crippen LogP contribution in [0.5, 0.6) is 0 Å². The first-order chi connectivity index (χ1) is 4.57. The SMILES string of the molecule is CC1CCCC1(N)N(C)C. The molecule has 0 aromatic heterocycles. The fraction of sp³-hybridized carbons (Fsp3) is 1.00. The van der Waals surface area contributed by atoms with E-state index in [-0.39, 0.29) is 5.66 Å². The third-order valence-electron chi connectivity index (χ3n) is 2.90. The monoisotopic (exact) mass is 142 g/mol. The molecule has 0 radical (unpaired) electrons. The molecule has 2 atom stereocenters. The first-order valence-corrected chi connectivity index (χ1v) is 4.03. The second-order valence-electron chi connectivity index (χ2n) is 3.68. The van der Waals surface area contributed by atoms with E-state index in [1.54, 1.807) is 0 Å². The molecule has 0 saturated heterocycles. The molecule has 2 N–H and O–H groups in total. The van der Waals surface area contributed by atoms with Crippen LogP contribution in [0.3, 0.4) is 0 Å². The van der Waals surface area contributed by atoms with Gasteiger partial charge in [0.15, 0.2) is 0 Å². The highest BCUT2D eigenvalue weighted by Crippen LogP contribution is 2.34. The van der Waals surface area contributed by atoms with Crippen molar-refractivity contribution >= 4 is 0 Å². The van der Waals surface area contributed by atoms with Gasteiger partial charge in [-0.15, -0.1) is 0 Å². The summed E-state index contributed by atoms with van der Waals surface area (Å²) in [4.78, 5) is 2.16. The van der Waals surface area contributed by atoms with Crippen LogP contribution in [0.1, 0.15) is 26.2 Å². The number of nitrogens with two attached hydrogens (primary N) is 1. The topological polar surface area (TPSA) is 29.3 Å². The highest BCUT2D eigenvalue weighted by molar-refractivity contribution is 4.91. The number of hydrogen-bond acceptors (Lipinski definition) is 2. The quantitative estimate of drug-likeness (QED) is 0.554. The van der Waals surface area contributed by atoms with E-state index >= 15 is 0 Å². The Morgan fingerprint density at radius 3 is 2.30 bits per heavy atom. The molecule has 1 fully saturated rings. The molecule has 0 aromatic rings. The second-order valence-corrected chi connectivity index (χ2v) is 3.68. The molecule has 10 heavy (non-hydrogen) atoms. The van der Waals surface area contributed by atoms with Crippen LogP contribution in [0.25, 0.3) is 0 Å². The predicted octanol–water partition coefficient (Wildman–Crippen LogP) is 1.02. The van der Waals surface area contributed by atoms with Gasteiger partial charge in [0.25, 0.3) is 0 Å². The Labute approximate surface area is 63.4 Å². The normalized spacial score (nSPS) is 41.1. The molecular formula is C8H18N2. The minimum Gasteiger partial charge on any atom is -0.313 e. The fourth-order valence-corrected chi connectivity index (χ4v) is 1.85. The molecule has 0 aromatic carbocycles. The van der Waals surface area contributed by atoms with Crippen LogP contribution in [-0.2, 0) is 0 Å². The van der Waals surface area contributed by atoms with Crippen molar-refractivity contribution < 1.29 is 0 Å². The predicted molar refractivity (Wildman–Crippen MR) is 43.6 cm³/mol. The van der Waals surface area contributed by atoms with Crippen molar-refractivity contribution in [1.82, 2.24) is 4.90 Å². The van der Waals surface area contributed by atoms with Crippen molar-refractivity contribution in [3.8, 4) is 0 Å². The van der Waals surface area contributed by atoms with Gasteiger partial charge in [-0.1, -0.05) is 6.92 Å². The zero-order valence-electron chi connectivity index (χ0n) is 7.22. The summed E-state index contributed by atoms with van der Waals surface area (Å²) in [6, 6.07) is 0. The molecular weight excluding hydrogens is 124 g/mol. The lowest BCUT2D eigenvalue weighted by Gasteiger charge is -2.36. The van der Waals surface area contributed by atoms with E-state index in [4.69, 9.17) is 5.73 Å². The molecule has 0 spiro atoms. The maximum absolute atomic E-state index is 6.17. The summed E-state index contributed by atoms with van der Waals surface area (Å²) in [6.07, 6.45) is 3.73. The Hall–Kier alpha value is -0.0800. The second kappa shape index (κ2) is 2.51. The van der Waals surface area contributed by atoms with E-state index in [2.05, 4.69) is 25.9 Å². The Balaban J connectivity index is 2.66. The Bertz CT molecular complexity index is 122. The summed E-state index contributed by atoms with van der Waals surface area (Å²) in [5, 5.41) is 0. The third-order valence-corrected chi connectivity index (χ3v) is 2.90. The van der Waals surface area contributed by atoms with Gasteiger partial charge >= 0.3 is 0 Å². The van der Waals surface area contributed by atoms with E-state index in [9.17, 15) is 0 Å². The zero-order valence-corrected chi connectivity index (χ0v) is 7.22. The lowest BCUT2D eigenvalue weighted by atomic mass is 9.98. The first-order valence-electron chi connectivity index (χ1n) is 4.03. The zero-order chi connectivity index (χ0) is 7.78. The van der Waals surface area contributed by atoms with Gasteiger partial charge in [-0.2, -0.15) is 0 Å². The van der Waals surface area contributed by atoms with Crippen molar-refractivity contribution in [3.05, 3.63) is 0 Å². The van der Waals surface area contributed by atoms with Crippen molar-refractivity contribution in [3.63, 3.8) is 0 Å². The molecule has 1 rings (SSSR count). The molecule has 2 heteroatoms. The number of rotatable bonds is 1. The highest BCUT2D eigenvalue weighted by Gasteiger charge is 2.37. The Morgan fingerprint density at radius 2 is 2.10 bits per heavy atom. The molecule has 1 aliphatic rings. The van der Waals surface area contributed by atoms with Crippen LogP contribution < -0.4 is 5.73 Å². The van der Waals surface area contributed by atoms with Gasteiger partial charge in [0.2, 0.25) is 0 Å². The number of nitrogens with zero attached hydrogens (tertiary/aromatic N) is 1. The summed E-state index contributed by atoms with van der Waals surface area (Å²) >= 11 is 0. The molecule has 1 saturated carbocycles. The molecule has 0 bridgehead atoms. The van der Waals surface area contributed by atoms with Crippen LogP contribution >= 0.6 is 0 Å². The van der Waals surface area contributed by atoms with Gasteiger partial charge in [0.1, 0.15) is 0 Å². The van der Waals surface area contributed by atoms with E-state index < -0.39 is 0 Å². The molecule has 2 nitrogen and oxygen atoms in total. The average Bonchev–Trinajstić information content (AvgIpc) is 2.15. The van der Waals surface area contributed by atoms with Gasteiger partial charge in [0, 0.05) is 0 Å². The highest BCUT2D eigenvalue weighted by atomic mass is 15.2. The molecule has 2 unspecified atom stereocenters. The lowest BCUT2D eigenvalue weighted by molar-refractivity contribution is 0.119. The summed E-state index contributed by atoms with van der Waals surface area (Å²) < 4.78 is 0. The minimum absolute atomic E-state index is 0.0139. The largest absolute Gasteiger partial charge is 0.313 e. The van der Waals surface area contributed by atoms with E-state index in [1.807, 2.05) is 0 Å². The number of hydrogen-bond donors (Lipinski definition) is 1. The maximum atomic E-state index is 6.17. The molecule has 0 amide bonds. The van der Waals surface area contributed by atoms with Crippen LogP contribution in [0.15, 0.2) is 0 Å². The summed E-state index contributed by atoms with van der Waals surface area (Å²) in [6.45, 7) is 2.24. The van der Waals surface area contributed by atoms with Gasteiger partial charge in [-0.25, -0.2) is 0 Å². The standard InChI is InChI=1S/C8H18N2/c1-7-5-4-6-8(7,9)10(2)3/h7H,4-6,9H2,1-3H3. The minimum atomic E-state index is -0.0139. The van der Waals surface area contributed by atoms with Crippen LogP contribution in [-0.4, -0.2) is 24.7 Å². The molecule has 60 valence electrons.